The number of aliphatic hydroxyl groups is 1. The van der Waals surface area contributed by atoms with E-state index in [0.717, 1.165) is 5.75 Å². The van der Waals surface area contributed by atoms with Crippen molar-refractivity contribution in [2.45, 2.75) is 0 Å². The molecule has 0 spiro atoms. The number of carbonyl (C=O) groups excluding carboxylic acids is 2. The maximum absolute atomic E-state index is 12.4. The largest absolute Gasteiger partial charge is 0.497 e. The normalized spacial score (nSPS) is 15.3. The average molecular weight is 321 g/mol. The van der Waals surface area contributed by atoms with Crippen LogP contribution in [0.3, 0.4) is 0 Å². The van der Waals surface area contributed by atoms with Crippen LogP contribution in [-0.2, 0) is 4.79 Å². The predicted molar refractivity (Wildman–Crippen MR) is 85.4 cm³/mol. The van der Waals surface area contributed by atoms with Gasteiger partial charge in [-0.2, -0.15) is 0 Å². The third-order valence-corrected chi connectivity index (χ3v) is 3.80. The first-order valence-corrected chi connectivity index (χ1v) is 7.67. The Kier molecular flexibility index (Phi) is 6.37. The summed E-state index contributed by atoms with van der Waals surface area (Å²) in [5.74, 6) is 0.617. The van der Waals surface area contributed by atoms with Crippen LogP contribution in [0.5, 0.6) is 5.75 Å². The van der Waals surface area contributed by atoms with Crippen LogP contribution in [-0.4, -0.2) is 79.7 Å². The van der Waals surface area contributed by atoms with Crippen LogP contribution in [0.2, 0.25) is 0 Å². The Labute approximate surface area is 135 Å². The molecular weight excluding hydrogens is 298 g/mol. The van der Waals surface area contributed by atoms with Crippen LogP contribution in [0.4, 0.5) is 0 Å². The molecule has 7 heteroatoms. The number of nitrogens with one attached hydrogen (secondary N) is 1. The fourth-order valence-electron chi connectivity index (χ4n) is 2.48. The van der Waals surface area contributed by atoms with Gasteiger partial charge in [0.05, 0.1) is 20.3 Å². The minimum Gasteiger partial charge on any atom is -0.497 e. The Balaban J connectivity index is 1.81. The summed E-state index contributed by atoms with van der Waals surface area (Å²) in [6.45, 7) is 3.02. The smallest absolute Gasteiger partial charge is 0.253 e. The summed E-state index contributed by atoms with van der Waals surface area (Å²) in [6.07, 6.45) is 0. The van der Waals surface area contributed by atoms with Crippen molar-refractivity contribution in [3.63, 3.8) is 0 Å². The topological polar surface area (TPSA) is 82.1 Å². The van der Waals surface area contributed by atoms with Gasteiger partial charge in [0, 0.05) is 38.3 Å². The van der Waals surface area contributed by atoms with Gasteiger partial charge in [0.1, 0.15) is 5.75 Å². The molecule has 0 saturated carbocycles. The first-order valence-electron chi connectivity index (χ1n) is 7.67. The molecular formula is C16H23N3O4. The van der Waals surface area contributed by atoms with Crippen molar-refractivity contribution in [1.82, 2.24) is 15.1 Å². The summed E-state index contributed by atoms with van der Waals surface area (Å²) in [6, 6.07) is 7.07. The van der Waals surface area contributed by atoms with Gasteiger partial charge in [-0.25, -0.2) is 0 Å². The number of nitrogens with zero attached hydrogens (tertiary/aromatic N) is 2. The summed E-state index contributed by atoms with van der Waals surface area (Å²) < 4.78 is 5.09. The number of hydrogen-bond donors (Lipinski definition) is 2. The number of ether oxygens (including phenoxy) is 1. The van der Waals surface area contributed by atoms with Crippen LogP contribution in [0.1, 0.15) is 10.4 Å². The standard InChI is InChI=1S/C16H23N3O4/c1-23-14-4-2-13(3-5-14)16(22)19-9-7-18(8-10-19)12-15(21)17-6-11-20/h2-5,20H,6-12H2,1H3,(H,17,21). The molecule has 23 heavy (non-hydrogen) atoms. The first-order chi connectivity index (χ1) is 11.1. The van der Waals surface area contributed by atoms with Crippen molar-refractivity contribution >= 4 is 11.8 Å². The number of aliphatic hydroxyl groups excluding tert-OH is 1. The van der Waals surface area contributed by atoms with Gasteiger partial charge >= 0.3 is 0 Å². The lowest BCUT2D eigenvalue weighted by atomic mass is 10.1. The second kappa shape index (κ2) is 8.50. The highest BCUT2D eigenvalue weighted by Crippen LogP contribution is 2.14. The fraction of sp³-hybridized carbons (Fsp3) is 0.500. The van der Waals surface area contributed by atoms with Crippen LogP contribution in [0.25, 0.3) is 0 Å². The van der Waals surface area contributed by atoms with E-state index in [0.29, 0.717) is 38.3 Å². The van der Waals surface area contributed by atoms with Crippen LogP contribution >= 0.6 is 0 Å². The minimum atomic E-state index is -0.103. The fourth-order valence-corrected chi connectivity index (χ4v) is 2.48. The van der Waals surface area contributed by atoms with Crippen molar-refractivity contribution in [2.75, 3.05) is 53.0 Å². The van der Waals surface area contributed by atoms with E-state index in [1.54, 1.807) is 36.3 Å². The molecule has 7 nitrogen and oxygen atoms in total. The van der Waals surface area contributed by atoms with Gasteiger partial charge in [0.2, 0.25) is 5.91 Å². The molecule has 1 aromatic rings. The highest BCUT2D eigenvalue weighted by Gasteiger charge is 2.23. The van der Waals surface area contributed by atoms with E-state index in [4.69, 9.17) is 9.84 Å². The Morgan fingerprint density at radius 3 is 2.39 bits per heavy atom. The van der Waals surface area contributed by atoms with Gasteiger partial charge < -0.3 is 20.1 Å². The molecule has 0 unspecified atom stereocenters. The van der Waals surface area contributed by atoms with E-state index in [1.165, 1.54) is 0 Å². The summed E-state index contributed by atoms with van der Waals surface area (Å²) in [5, 5.41) is 11.3. The highest BCUT2D eigenvalue weighted by atomic mass is 16.5. The zero-order valence-corrected chi connectivity index (χ0v) is 13.3. The molecule has 0 aliphatic carbocycles. The number of amides is 2. The molecule has 0 aromatic heterocycles. The highest BCUT2D eigenvalue weighted by molar-refractivity contribution is 5.94. The third kappa shape index (κ3) is 4.94. The summed E-state index contributed by atoms with van der Waals surface area (Å²) in [5.41, 5.74) is 0.639. The predicted octanol–water partition coefficient (Wildman–Crippen LogP) is -0.438. The second-order valence-electron chi connectivity index (χ2n) is 5.37. The van der Waals surface area contributed by atoms with Gasteiger partial charge in [-0.15, -0.1) is 0 Å². The molecule has 0 radical (unpaired) electrons. The Hall–Kier alpha value is -2.12. The summed E-state index contributed by atoms with van der Waals surface area (Å²) in [7, 11) is 1.59. The van der Waals surface area contributed by atoms with E-state index < -0.39 is 0 Å². The number of benzene rings is 1. The lowest BCUT2D eigenvalue weighted by molar-refractivity contribution is -0.122. The minimum absolute atomic E-state index is 0.00275. The van der Waals surface area contributed by atoms with Gasteiger partial charge in [-0.3, -0.25) is 14.5 Å². The molecule has 1 aliphatic rings. The lowest BCUT2D eigenvalue weighted by Crippen LogP contribution is -2.51. The van der Waals surface area contributed by atoms with Gasteiger partial charge in [-0.1, -0.05) is 0 Å². The average Bonchev–Trinajstić information content (AvgIpc) is 2.60. The van der Waals surface area contributed by atoms with Crippen molar-refractivity contribution < 1.29 is 19.4 Å². The molecule has 1 fully saturated rings. The van der Waals surface area contributed by atoms with Gasteiger partial charge in [0.25, 0.3) is 5.91 Å². The second-order valence-corrected chi connectivity index (χ2v) is 5.37. The monoisotopic (exact) mass is 321 g/mol. The molecule has 126 valence electrons. The quantitative estimate of drug-likeness (QED) is 0.742. The molecule has 0 bridgehead atoms. The van der Waals surface area contributed by atoms with Crippen molar-refractivity contribution in [1.29, 1.82) is 0 Å². The van der Waals surface area contributed by atoms with Crippen LogP contribution in [0, 0.1) is 0 Å². The number of carbonyl (C=O) groups is 2. The number of hydrogen-bond acceptors (Lipinski definition) is 5. The molecule has 2 N–H and O–H groups in total. The first kappa shape index (κ1) is 17.2. The maximum Gasteiger partial charge on any atom is 0.253 e. The van der Waals surface area contributed by atoms with E-state index in [-0.39, 0.29) is 25.0 Å². The number of rotatable bonds is 6. The zero-order chi connectivity index (χ0) is 16.7. The van der Waals surface area contributed by atoms with Crippen LogP contribution < -0.4 is 10.1 Å². The van der Waals surface area contributed by atoms with E-state index >= 15 is 0 Å². The van der Waals surface area contributed by atoms with Crippen molar-refractivity contribution in [3.8, 4) is 5.75 Å². The molecule has 1 aromatic carbocycles. The molecule has 1 saturated heterocycles. The Morgan fingerprint density at radius 1 is 1.17 bits per heavy atom. The molecule has 1 aliphatic heterocycles. The molecule has 2 rings (SSSR count). The van der Waals surface area contributed by atoms with Gasteiger partial charge in [-0.05, 0) is 24.3 Å². The Bertz CT molecular complexity index is 525. The third-order valence-electron chi connectivity index (χ3n) is 3.80. The van der Waals surface area contributed by atoms with Crippen molar-refractivity contribution in [3.05, 3.63) is 29.8 Å². The molecule has 1 heterocycles. The maximum atomic E-state index is 12.4. The summed E-state index contributed by atoms with van der Waals surface area (Å²) in [4.78, 5) is 27.8. The van der Waals surface area contributed by atoms with E-state index in [2.05, 4.69) is 5.32 Å². The van der Waals surface area contributed by atoms with Gasteiger partial charge in [0.15, 0.2) is 0 Å². The summed E-state index contributed by atoms with van der Waals surface area (Å²) >= 11 is 0. The molecule has 2 amide bonds. The SMILES string of the molecule is COc1ccc(C(=O)N2CCN(CC(=O)NCCO)CC2)cc1. The molecule has 0 atom stereocenters. The van der Waals surface area contributed by atoms with Crippen molar-refractivity contribution in [2.24, 2.45) is 0 Å². The lowest BCUT2D eigenvalue weighted by Gasteiger charge is -2.34. The zero-order valence-electron chi connectivity index (χ0n) is 13.3. The number of methoxy groups -OCH3 is 1. The number of piperazine rings is 1. The van der Waals surface area contributed by atoms with Crippen LogP contribution in [0.15, 0.2) is 24.3 Å². The van der Waals surface area contributed by atoms with E-state index in [1.807, 2.05) is 4.90 Å². The Morgan fingerprint density at radius 2 is 1.83 bits per heavy atom. The van der Waals surface area contributed by atoms with E-state index in [9.17, 15) is 9.59 Å².